The molecule has 2 heterocycles. The SMILES string of the molecule is CCN1CC2(CC1=O)CN(C(=O)Cc1cccc(OC)c1)CCN(S(C)(=O)=O)C2. The fraction of sp³-hybridized carbons (Fsp3) is 0.600. The minimum Gasteiger partial charge on any atom is -0.497 e. The third-order valence-electron chi connectivity index (χ3n) is 5.76. The molecule has 3 rings (SSSR count). The van der Waals surface area contributed by atoms with Gasteiger partial charge in [-0.15, -0.1) is 0 Å². The highest BCUT2D eigenvalue weighted by Gasteiger charge is 2.48. The molecule has 2 fully saturated rings. The number of carbonyl (C=O) groups excluding carboxylic acids is 2. The summed E-state index contributed by atoms with van der Waals surface area (Å²) in [6.45, 7) is 4.16. The number of benzene rings is 1. The zero-order valence-corrected chi connectivity index (χ0v) is 18.1. The summed E-state index contributed by atoms with van der Waals surface area (Å²) in [6, 6.07) is 7.36. The minimum atomic E-state index is -3.42. The molecule has 29 heavy (non-hydrogen) atoms. The molecule has 1 aromatic rings. The van der Waals surface area contributed by atoms with Crippen LogP contribution in [0.5, 0.6) is 5.75 Å². The van der Waals surface area contributed by atoms with Crippen LogP contribution >= 0.6 is 0 Å². The molecule has 0 saturated carbocycles. The Balaban J connectivity index is 1.83. The minimum absolute atomic E-state index is 0.0167. The Hall–Kier alpha value is -2.13. The fourth-order valence-electron chi connectivity index (χ4n) is 4.27. The highest BCUT2D eigenvalue weighted by Crippen LogP contribution is 2.35. The number of amides is 2. The zero-order chi connectivity index (χ0) is 21.2. The highest BCUT2D eigenvalue weighted by molar-refractivity contribution is 7.88. The number of rotatable bonds is 5. The van der Waals surface area contributed by atoms with E-state index in [9.17, 15) is 18.0 Å². The number of likely N-dealkylation sites (tertiary alicyclic amines) is 1. The van der Waals surface area contributed by atoms with Crippen LogP contribution in [0.25, 0.3) is 0 Å². The summed E-state index contributed by atoms with van der Waals surface area (Å²) >= 11 is 0. The van der Waals surface area contributed by atoms with Crippen LogP contribution in [0.4, 0.5) is 0 Å². The van der Waals surface area contributed by atoms with Gasteiger partial charge in [-0.2, -0.15) is 4.31 Å². The first-order chi connectivity index (χ1) is 13.7. The maximum Gasteiger partial charge on any atom is 0.227 e. The molecule has 0 aliphatic carbocycles. The van der Waals surface area contributed by atoms with Crippen LogP contribution in [0.15, 0.2) is 24.3 Å². The largest absolute Gasteiger partial charge is 0.497 e. The number of ether oxygens (including phenoxy) is 1. The van der Waals surface area contributed by atoms with Crippen molar-refractivity contribution in [3.8, 4) is 5.75 Å². The number of methoxy groups -OCH3 is 1. The van der Waals surface area contributed by atoms with Gasteiger partial charge < -0.3 is 14.5 Å². The average molecular weight is 424 g/mol. The molecule has 2 aliphatic rings. The van der Waals surface area contributed by atoms with Crippen molar-refractivity contribution in [1.29, 1.82) is 0 Å². The maximum atomic E-state index is 13.1. The van der Waals surface area contributed by atoms with Crippen molar-refractivity contribution in [2.75, 3.05) is 52.6 Å². The zero-order valence-electron chi connectivity index (χ0n) is 17.3. The quantitative estimate of drug-likeness (QED) is 0.691. The van der Waals surface area contributed by atoms with Crippen molar-refractivity contribution in [3.63, 3.8) is 0 Å². The van der Waals surface area contributed by atoms with Crippen molar-refractivity contribution in [2.45, 2.75) is 19.8 Å². The van der Waals surface area contributed by atoms with Gasteiger partial charge in [0.15, 0.2) is 0 Å². The molecule has 0 bridgehead atoms. The molecule has 0 radical (unpaired) electrons. The van der Waals surface area contributed by atoms with Crippen molar-refractivity contribution in [3.05, 3.63) is 29.8 Å². The Morgan fingerprint density at radius 1 is 1.21 bits per heavy atom. The first-order valence-corrected chi connectivity index (χ1v) is 11.6. The van der Waals surface area contributed by atoms with E-state index in [0.29, 0.717) is 31.9 Å². The molecule has 0 aromatic heterocycles. The van der Waals surface area contributed by atoms with Crippen LogP contribution < -0.4 is 4.74 Å². The molecule has 160 valence electrons. The molecule has 8 nitrogen and oxygen atoms in total. The first-order valence-electron chi connectivity index (χ1n) is 9.79. The summed E-state index contributed by atoms with van der Waals surface area (Å²) in [6.07, 6.45) is 1.65. The van der Waals surface area contributed by atoms with Crippen molar-refractivity contribution < 1.29 is 22.7 Å². The monoisotopic (exact) mass is 423 g/mol. The molecule has 9 heteroatoms. The Labute approximate surface area is 172 Å². The fourth-order valence-corrected chi connectivity index (χ4v) is 5.19. The standard InChI is InChI=1S/C20H29N3O5S/c1-4-21-13-20(12-19(21)25)14-22(8-9-23(15-20)29(3,26)27)18(24)11-16-6-5-7-17(10-16)28-2/h5-7,10H,4,8-9,11-15H2,1-3H3. The number of nitrogens with zero attached hydrogens (tertiary/aromatic N) is 3. The van der Waals surface area contributed by atoms with Crippen LogP contribution in [-0.2, 0) is 26.0 Å². The van der Waals surface area contributed by atoms with Gasteiger partial charge in [-0.25, -0.2) is 8.42 Å². The third-order valence-corrected chi connectivity index (χ3v) is 7.01. The van der Waals surface area contributed by atoms with Gasteiger partial charge in [-0.3, -0.25) is 9.59 Å². The Bertz CT molecular complexity index is 888. The molecule has 2 amide bonds. The predicted molar refractivity (Wildman–Crippen MR) is 109 cm³/mol. The molecule has 1 spiro atoms. The first kappa shape index (κ1) is 21.6. The highest BCUT2D eigenvalue weighted by atomic mass is 32.2. The molecule has 1 aromatic carbocycles. The Morgan fingerprint density at radius 2 is 1.97 bits per heavy atom. The van der Waals surface area contributed by atoms with Crippen molar-refractivity contribution >= 4 is 21.8 Å². The smallest absolute Gasteiger partial charge is 0.227 e. The van der Waals surface area contributed by atoms with Crippen LogP contribution in [0.1, 0.15) is 18.9 Å². The summed E-state index contributed by atoms with van der Waals surface area (Å²) in [5.74, 6) is 0.629. The summed E-state index contributed by atoms with van der Waals surface area (Å²) < 4.78 is 31.2. The molecule has 1 atom stereocenters. The Kier molecular flexibility index (Phi) is 6.19. The van der Waals surface area contributed by atoms with E-state index >= 15 is 0 Å². The van der Waals surface area contributed by atoms with Crippen LogP contribution in [-0.4, -0.2) is 87.0 Å². The van der Waals surface area contributed by atoms with Crippen LogP contribution in [0, 0.1) is 5.41 Å². The normalized spacial score (nSPS) is 23.5. The van der Waals surface area contributed by atoms with Gasteiger partial charge in [0.1, 0.15) is 5.75 Å². The maximum absolute atomic E-state index is 13.1. The van der Waals surface area contributed by atoms with Gasteiger partial charge >= 0.3 is 0 Å². The average Bonchev–Trinajstić information content (AvgIpc) is 2.84. The summed E-state index contributed by atoms with van der Waals surface area (Å²) in [5, 5.41) is 0. The van der Waals surface area contributed by atoms with E-state index < -0.39 is 15.4 Å². The Morgan fingerprint density at radius 3 is 2.59 bits per heavy atom. The summed E-state index contributed by atoms with van der Waals surface area (Å²) in [4.78, 5) is 29.0. The molecule has 2 saturated heterocycles. The van der Waals surface area contributed by atoms with Crippen molar-refractivity contribution in [1.82, 2.24) is 14.1 Å². The third kappa shape index (κ3) is 4.90. The topological polar surface area (TPSA) is 87.2 Å². The second-order valence-corrected chi connectivity index (χ2v) is 10.0. The van der Waals surface area contributed by atoms with Gasteiger partial charge in [0.2, 0.25) is 21.8 Å². The summed E-state index contributed by atoms with van der Waals surface area (Å²) in [7, 11) is -1.84. The van der Waals surface area contributed by atoms with E-state index in [1.807, 2.05) is 31.2 Å². The van der Waals surface area contributed by atoms with E-state index in [-0.39, 0.29) is 37.7 Å². The lowest BCUT2D eigenvalue weighted by molar-refractivity contribution is -0.132. The van der Waals surface area contributed by atoms with Crippen LogP contribution in [0.2, 0.25) is 0 Å². The molecular formula is C20H29N3O5S. The van der Waals surface area contributed by atoms with Gasteiger partial charge in [0.25, 0.3) is 0 Å². The van der Waals surface area contributed by atoms with Gasteiger partial charge in [-0.1, -0.05) is 12.1 Å². The lowest BCUT2D eigenvalue weighted by Gasteiger charge is -2.33. The van der Waals surface area contributed by atoms with Crippen molar-refractivity contribution in [2.24, 2.45) is 5.41 Å². The number of carbonyl (C=O) groups is 2. The second kappa shape index (κ2) is 8.31. The van der Waals surface area contributed by atoms with E-state index in [1.165, 1.54) is 10.6 Å². The van der Waals surface area contributed by atoms with E-state index in [1.54, 1.807) is 16.9 Å². The number of hydrogen-bond donors (Lipinski definition) is 0. The van der Waals surface area contributed by atoms with Gasteiger partial charge in [0, 0.05) is 51.1 Å². The van der Waals surface area contributed by atoms with E-state index in [0.717, 1.165) is 5.56 Å². The van der Waals surface area contributed by atoms with Gasteiger partial charge in [0.05, 0.1) is 19.8 Å². The second-order valence-electron chi connectivity index (χ2n) is 8.02. The summed E-state index contributed by atoms with van der Waals surface area (Å²) in [5.41, 5.74) is 0.266. The van der Waals surface area contributed by atoms with Gasteiger partial charge in [-0.05, 0) is 24.6 Å². The molecule has 1 unspecified atom stereocenters. The van der Waals surface area contributed by atoms with Crippen LogP contribution in [0.3, 0.4) is 0 Å². The molecular weight excluding hydrogens is 394 g/mol. The number of hydrogen-bond acceptors (Lipinski definition) is 5. The van der Waals surface area contributed by atoms with E-state index in [2.05, 4.69) is 0 Å². The lowest BCUT2D eigenvalue weighted by atomic mass is 9.86. The number of sulfonamides is 1. The molecule has 0 N–H and O–H groups in total. The molecule has 2 aliphatic heterocycles. The van der Waals surface area contributed by atoms with E-state index in [4.69, 9.17) is 4.74 Å². The lowest BCUT2D eigenvalue weighted by Crippen LogP contribution is -2.45. The predicted octanol–water partition coefficient (Wildman–Crippen LogP) is 0.580.